The van der Waals surface area contributed by atoms with E-state index in [0.29, 0.717) is 12.5 Å². The molecule has 4 rings (SSSR count). The molecule has 0 bridgehead atoms. The lowest BCUT2D eigenvalue weighted by Crippen LogP contribution is -2.32. The van der Waals surface area contributed by atoms with E-state index in [9.17, 15) is 4.79 Å². The van der Waals surface area contributed by atoms with Gasteiger partial charge in [0.15, 0.2) is 0 Å². The van der Waals surface area contributed by atoms with E-state index in [1.54, 1.807) is 0 Å². The van der Waals surface area contributed by atoms with Crippen molar-refractivity contribution in [1.82, 2.24) is 14.9 Å². The van der Waals surface area contributed by atoms with E-state index in [-0.39, 0.29) is 11.8 Å². The van der Waals surface area contributed by atoms with Gasteiger partial charge in [-0.25, -0.2) is 4.98 Å². The summed E-state index contributed by atoms with van der Waals surface area (Å²) in [5.41, 5.74) is 4.69. The molecule has 0 radical (unpaired) electrons. The van der Waals surface area contributed by atoms with E-state index >= 15 is 0 Å². The zero-order chi connectivity index (χ0) is 20.2. The topological polar surface area (TPSA) is 46.9 Å². The van der Waals surface area contributed by atoms with Crippen LogP contribution in [0, 0.1) is 5.92 Å². The number of imidazole rings is 1. The summed E-state index contributed by atoms with van der Waals surface area (Å²) in [6, 6.07) is 17.0. The molecule has 29 heavy (non-hydrogen) atoms. The number of carbonyl (C=O) groups is 1. The first-order valence-electron chi connectivity index (χ1n) is 10.9. The maximum Gasteiger partial charge on any atom is 0.223 e. The smallest absolute Gasteiger partial charge is 0.223 e. The number of carbonyl (C=O) groups excluding carboxylic acids is 1. The Bertz CT molecular complexity index is 965. The van der Waals surface area contributed by atoms with Gasteiger partial charge in [-0.2, -0.15) is 0 Å². The number of para-hydroxylation sites is 2. The summed E-state index contributed by atoms with van der Waals surface area (Å²) < 4.78 is 2.24. The summed E-state index contributed by atoms with van der Waals surface area (Å²) in [4.78, 5) is 17.4. The summed E-state index contributed by atoms with van der Waals surface area (Å²) >= 11 is 0. The fraction of sp³-hybridized carbons (Fsp3) is 0.440. The van der Waals surface area contributed by atoms with Crippen LogP contribution in [0.2, 0.25) is 0 Å². The minimum Gasteiger partial charge on any atom is -0.349 e. The Morgan fingerprint density at radius 3 is 2.52 bits per heavy atom. The molecule has 0 saturated heterocycles. The van der Waals surface area contributed by atoms with Crippen molar-refractivity contribution in [3.8, 4) is 0 Å². The summed E-state index contributed by atoms with van der Waals surface area (Å²) in [6.07, 6.45) is 5.63. The van der Waals surface area contributed by atoms with Crippen LogP contribution in [0.3, 0.4) is 0 Å². The Kier molecular flexibility index (Phi) is 5.98. The Balaban J connectivity index is 1.54. The van der Waals surface area contributed by atoms with Crippen molar-refractivity contribution in [3.63, 3.8) is 0 Å². The van der Waals surface area contributed by atoms with Crippen LogP contribution in [-0.4, -0.2) is 15.5 Å². The summed E-state index contributed by atoms with van der Waals surface area (Å²) in [6.45, 7) is 5.67. The summed E-state index contributed by atoms with van der Waals surface area (Å²) in [7, 11) is 0. The zero-order valence-corrected chi connectivity index (χ0v) is 17.5. The quantitative estimate of drug-likeness (QED) is 0.613. The minimum atomic E-state index is 0.171. The van der Waals surface area contributed by atoms with Gasteiger partial charge in [0.05, 0.1) is 17.6 Å². The average molecular weight is 390 g/mol. The van der Waals surface area contributed by atoms with Gasteiger partial charge in [-0.3, -0.25) is 4.79 Å². The molecule has 2 aromatic carbocycles. The van der Waals surface area contributed by atoms with E-state index in [1.165, 1.54) is 30.4 Å². The van der Waals surface area contributed by atoms with E-state index in [0.717, 1.165) is 36.2 Å². The Hall–Kier alpha value is -2.62. The molecule has 4 heteroatoms. The lowest BCUT2D eigenvalue weighted by Gasteiger charge is -2.20. The van der Waals surface area contributed by atoms with Crippen molar-refractivity contribution in [3.05, 3.63) is 65.5 Å². The van der Waals surface area contributed by atoms with Gasteiger partial charge in [0.1, 0.15) is 5.82 Å². The normalized spacial score (nSPS) is 15.1. The Morgan fingerprint density at radius 1 is 1.07 bits per heavy atom. The van der Waals surface area contributed by atoms with Gasteiger partial charge in [0.25, 0.3) is 0 Å². The number of fused-ring (bicyclic) bond motifs is 1. The van der Waals surface area contributed by atoms with E-state index in [1.807, 2.05) is 18.2 Å². The van der Waals surface area contributed by atoms with Crippen LogP contribution in [-0.2, 0) is 17.9 Å². The van der Waals surface area contributed by atoms with E-state index < -0.39 is 0 Å². The van der Waals surface area contributed by atoms with Gasteiger partial charge < -0.3 is 9.88 Å². The first-order chi connectivity index (χ1) is 14.1. The molecule has 1 aliphatic carbocycles. The third-order valence-corrected chi connectivity index (χ3v) is 6.12. The average Bonchev–Trinajstić information content (AvgIpc) is 3.10. The lowest BCUT2D eigenvalue weighted by molar-refractivity contribution is -0.126. The fourth-order valence-corrected chi connectivity index (χ4v) is 4.30. The number of hydrogen-bond donors (Lipinski definition) is 1. The SMILES string of the molecule is CC(C)c1ccc(Cn2c(CNC(=O)C3CCCCC3)nc3ccccc32)cc1. The van der Waals surface area contributed by atoms with Crippen LogP contribution >= 0.6 is 0 Å². The first-order valence-corrected chi connectivity index (χ1v) is 10.9. The Morgan fingerprint density at radius 2 is 1.79 bits per heavy atom. The first kappa shape index (κ1) is 19.7. The molecule has 1 heterocycles. The van der Waals surface area contributed by atoms with Crippen LogP contribution in [0.5, 0.6) is 0 Å². The van der Waals surface area contributed by atoms with Gasteiger partial charge in [-0.15, -0.1) is 0 Å². The van der Waals surface area contributed by atoms with Gasteiger partial charge >= 0.3 is 0 Å². The van der Waals surface area contributed by atoms with Crippen molar-refractivity contribution in [1.29, 1.82) is 0 Å². The molecule has 1 aliphatic rings. The largest absolute Gasteiger partial charge is 0.349 e. The predicted molar refractivity (Wildman–Crippen MR) is 118 cm³/mol. The molecule has 0 atom stereocenters. The number of aromatic nitrogens is 2. The second-order valence-corrected chi connectivity index (χ2v) is 8.55. The molecule has 0 spiro atoms. The highest BCUT2D eigenvalue weighted by Crippen LogP contribution is 2.24. The van der Waals surface area contributed by atoms with Crippen LogP contribution in [0.4, 0.5) is 0 Å². The molecular weight excluding hydrogens is 358 g/mol. The summed E-state index contributed by atoms with van der Waals surface area (Å²) in [5.74, 6) is 1.81. The van der Waals surface area contributed by atoms with Crippen LogP contribution in [0.25, 0.3) is 11.0 Å². The molecular formula is C25H31N3O. The van der Waals surface area contributed by atoms with Crippen molar-refractivity contribution >= 4 is 16.9 Å². The number of benzene rings is 2. The predicted octanol–water partition coefficient (Wildman–Crippen LogP) is 5.40. The molecule has 1 aromatic heterocycles. The standard InChI is InChI=1S/C25H31N3O/c1-18(2)20-14-12-19(13-15-20)17-28-23-11-7-6-10-22(23)27-24(28)16-26-25(29)21-8-4-3-5-9-21/h6-7,10-15,18,21H,3-5,8-9,16-17H2,1-2H3,(H,26,29). The van der Waals surface area contributed by atoms with Gasteiger partial charge in [0, 0.05) is 12.5 Å². The second kappa shape index (κ2) is 8.81. The molecule has 3 aromatic rings. The number of amides is 1. The van der Waals surface area contributed by atoms with Crippen molar-refractivity contribution in [2.75, 3.05) is 0 Å². The molecule has 1 fully saturated rings. The van der Waals surface area contributed by atoms with Gasteiger partial charge in [-0.05, 0) is 42.0 Å². The van der Waals surface area contributed by atoms with E-state index in [2.05, 4.69) is 54.1 Å². The Labute approximate surface area is 173 Å². The van der Waals surface area contributed by atoms with Gasteiger partial charge in [0.2, 0.25) is 5.91 Å². The highest BCUT2D eigenvalue weighted by atomic mass is 16.1. The van der Waals surface area contributed by atoms with Crippen LogP contribution in [0.1, 0.15) is 68.8 Å². The molecule has 0 aliphatic heterocycles. The lowest BCUT2D eigenvalue weighted by atomic mass is 9.89. The highest BCUT2D eigenvalue weighted by molar-refractivity contribution is 5.79. The molecule has 1 amide bonds. The van der Waals surface area contributed by atoms with Crippen LogP contribution in [0.15, 0.2) is 48.5 Å². The fourth-order valence-electron chi connectivity index (χ4n) is 4.30. The van der Waals surface area contributed by atoms with Crippen molar-refractivity contribution in [2.24, 2.45) is 5.92 Å². The third-order valence-electron chi connectivity index (χ3n) is 6.12. The number of hydrogen-bond acceptors (Lipinski definition) is 2. The second-order valence-electron chi connectivity index (χ2n) is 8.55. The molecule has 1 N–H and O–H groups in total. The number of rotatable bonds is 6. The van der Waals surface area contributed by atoms with Gasteiger partial charge in [-0.1, -0.05) is 69.5 Å². The number of nitrogens with zero attached hydrogens (tertiary/aromatic N) is 2. The molecule has 1 saturated carbocycles. The van der Waals surface area contributed by atoms with Crippen molar-refractivity contribution in [2.45, 2.75) is 65.0 Å². The summed E-state index contributed by atoms with van der Waals surface area (Å²) in [5, 5.41) is 3.16. The highest BCUT2D eigenvalue weighted by Gasteiger charge is 2.21. The van der Waals surface area contributed by atoms with E-state index in [4.69, 9.17) is 4.98 Å². The molecule has 4 nitrogen and oxygen atoms in total. The number of nitrogens with one attached hydrogen (secondary N) is 1. The van der Waals surface area contributed by atoms with Crippen molar-refractivity contribution < 1.29 is 4.79 Å². The zero-order valence-electron chi connectivity index (χ0n) is 17.5. The van der Waals surface area contributed by atoms with Crippen LogP contribution < -0.4 is 5.32 Å². The maximum absolute atomic E-state index is 12.6. The third kappa shape index (κ3) is 4.52. The monoisotopic (exact) mass is 389 g/mol. The minimum absolute atomic E-state index is 0.171. The molecule has 152 valence electrons. The maximum atomic E-state index is 12.6. The molecule has 0 unspecified atom stereocenters.